The van der Waals surface area contributed by atoms with Gasteiger partial charge in [-0.25, -0.2) is 4.99 Å². The number of rotatable bonds is 2. The molecule has 136 valence electrons. The van der Waals surface area contributed by atoms with Crippen LogP contribution in [0, 0.1) is 11.8 Å². The molecule has 0 aromatic heterocycles. The van der Waals surface area contributed by atoms with E-state index in [1.165, 1.54) is 0 Å². The van der Waals surface area contributed by atoms with E-state index in [2.05, 4.69) is 0 Å². The van der Waals surface area contributed by atoms with Gasteiger partial charge < -0.3 is 4.90 Å². The maximum Gasteiger partial charge on any atom is 0.247 e. The van der Waals surface area contributed by atoms with Crippen LogP contribution in [0.3, 0.4) is 0 Å². The van der Waals surface area contributed by atoms with Gasteiger partial charge in [0.15, 0.2) is 5.78 Å². The van der Waals surface area contributed by atoms with E-state index in [1.807, 2.05) is 60.5 Å². The van der Waals surface area contributed by atoms with Gasteiger partial charge in [0, 0.05) is 24.2 Å². The highest BCUT2D eigenvalue weighted by atomic mass is 16.2. The average Bonchev–Trinajstić information content (AvgIpc) is 2.65. The van der Waals surface area contributed by atoms with Gasteiger partial charge in [0.05, 0.1) is 5.69 Å². The molecule has 5 nitrogen and oxygen atoms in total. The molecule has 2 atom stereocenters. The predicted octanol–water partition coefficient (Wildman–Crippen LogP) is 3.51. The Morgan fingerprint density at radius 1 is 0.963 bits per heavy atom. The van der Waals surface area contributed by atoms with E-state index in [4.69, 9.17) is 4.99 Å². The topological polar surface area (TPSA) is 53.0 Å². The Kier molecular flexibility index (Phi) is 3.64. The molecule has 5 heteroatoms. The van der Waals surface area contributed by atoms with E-state index in [-0.39, 0.29) is 17.6 Å². The fourth-order valence-corrected chi connectivity index (χ4v) is 4.30. The molecule has 2 aliphatic heterocycles. The van der Waals surface area contributed by atoms with Gasteiger partial charge >= 0.3 is 0 Å². The Morgan fingerprint density at radius 3 is 2.37 bits per heavy atom. The van der Waals surface area contributed by atoms with Crippen LogP contribution in [0.25, 0.3) is 0 Å². The number of hydrogen-bond acceptors (Lipinski definition) is 4. The minimum Gasteiger partial charge on any atom is -0.351 e. The van der Waals surface area contributed by atoms with Crippen molar-refractivity contribution >= 4 is 28.9 Å². The molecule has 0 spiro atoms. The molecule has 2 aromatic rings. The third kappa shape index (κ3) is 2.34. The summed E-state index contributed by atoms with van der Waals surface area (Å²) < 4.78 is 0. The van der Waals surface area contributed by atoms with E-state index in [1.54, 1.807) is 11.0 Å². The minimum absolute atomic E-state index is 0.129. The maximum atomic E-state index is 13.6. The number of fused-ring (bicyclic) bond motifs is 2. The standard InChI is InChI=1S/C22H21N3O2/c1-24-17-13-6-5-12-16(17)19(26)18-21(24)23-20(14-8-7-9-14)25(22(18)27)15-10-3-2-4-11-15/h2-6,10-14,18,21H,7-9H2,1H3. The number of amides is 1. The van der Waals surface area contributed by atoms with Crippen LogP contribution < -0.4 is 9.80 Å². The third-order valence-corrected chi connectivity index (χ3v) is 5.99. The van der Waals surface area contributed by atoms with Crippen molar-refractivity contribution in [3.05, 3.63) is 60.2 Å². The number of hydrogen-bond donors (Lipinski definition) is 0. The molecule has 2 unspecified atom stereocenters. The zero-order valence-electron chi connectivity index (χ0n) is 15.2. The van der Waals surface area contributed by atoms with E-state index in [0.29, 0.717) is 5.56 Å². The first-order valence-corrected chi connectivity index (χ1v) is 9.49. The molecule has 1 aliphatic carbocycles. The largest absolute Gasteiger partial charge is 0.351 e. The highest BCUT2D eigenvalue weighted by Gasteiger charge is 2.50. The molecule has 1 fully saturated rings. The number of carbonyl (C=O) groups excluding carboxylic acids is 2. The van der Waals surface area contributed by atoms with Crippen molar-refractivity contribution in [2.45, 2.75) is 25.4 Å². The molecule has 5 rings (SSSR count). The number of aliphatic imine (C=N–C) groups is 1. The number of nitrogens with zero attached hydrogens (tertiary/aromatic N) is 3. The lowest BCUT2D eigenvalue weighted by molar-refractivity contribution is -0.121. The number of amidine groups is 1. The summed E-state index contributed by atoms with van der Waals surface area (Å²) in [5.74, 6) is 0.0212. The van der Waals surface area contributed by atoms with Crippen molar-refractivity contribution in [1.82, 2.24) is 0 Å². The Labute approximate surface area is 158 Å². The van der Waals surface area contributed by atoms with E-state index < -0.39 is 12.1 Å². The second kappa shape index (κ2) is 6.05. The van der Waals surface area contributed by atoms with Crippen LogP contribution >= 0.6 is 0 Å². The number of ketones is 1. The van der Waals surface area contributed by atoms with Gasteiger partial charge in [-0.3, -0.25) is 14.5 Å². The van der Waals surface area contributed by atoms with Crippen LogP contribution in [0.1, 0.15) is 29.6 Å². The summed E-state index contributed by atoms with van der Waals surface area (Å²) in [4.78, 5) is 35.5. The lowest BCUT2D eigenvalue weighted by Gasteiger charge is -2.45. The van der Waals surface area contributed by atoms with Gasteiger partial charge in [-0.2, -0.15) is 0 Å². The predicted molar refractivity (Wildman–Crippen MR) is 105 cm³/mol. The molecule has 1 amide bonds. The Hall–Kier alpha value is -2.95. The van der Waals surface area contributed by atoms with Gasteiger partial charge in [0.25, 0.3) is 0 Å². The number of benzene rings is 2. The summed E-state index contributed by atoms with van der Waals surface area (Å²) in [6.07, 6.45) is 2.78. The smallest absolute Gasteiger partial charge is 0.247 e. The Morgan fingerprint density at radius 2 is 1.67 bits per heavy atom. The van der Waals surface area contributed by atoms with Gasteiger partial charge in [-0.15, -0.1) is 0 Å². The van der Waals surface area contributed by atoms with Crippen LogP contribution in [-0.2, 0) is 4.79 Å². The quantitative estimate of drug-likeness (QED) is 0.771. The van der Waals surface area contributed by atoms with Crippen molar-refractivity contribution < 1.29 is 9.59 Å². The highest BCUT2D eigenvalue weighted by molar-refractivity contribution is 6.28. The molecule has 3 aliphatic rings. The van der Waals surface area contributed by atoms with Crippen LogP contribution in [0.5, 0.6) is 0 Å². The van der Waals surface area contributed by atoms with Crippen molar-refractivity contribution in [1.29, 1.82) is 0 Å². The molecular weight excluding hydrogens is 338 g/mol. The molecule has 0 saturated heterocycles. The number of carbonyl (C=O) groups is 2. The summed E-state index contributed by atoms with van der Waals surface area (Å²) in [6, 6.07) is 17.1. The summed E-state index contributed by atoms with van der Waals surface area (Å²) in [7, 11) is 1.93. The fraction of sp³-hybridized carbons (Fsp3) is 0.318. The van der Waals surface area contributed by atoms with Crippen molar-refractivity contribution in [3.8, 4) is 0 Å². The average molecular weight is 359 g/mol. The third-order valence-electron chi connectivity index (χ3n) is 5.99. The van der Waals surface area contributed by atoms with E-state index in [0.717, 1.165) is 36.5 Å². The molecule has 0 radical (unpaired) electrons. The fourth-order valence-electron chi connectivity index (χ4n) is 4.30. The van der Waals surface area contributed by atoms with Gasteiger partial charge in [0.1, 0.15) is 17.9 Å². The molecule has 0 N–H and O–H groups in total. The summed E-state index contributed by atoms with van der Waals surface area (Å²) in [5, 5.41) is 0. The van der Waals surface area contributed by atoms with Crippen LogP contribution in [0.2, 0.25) is 0 Å². The summed E-state index contributed by atoms with van der Waals surface area (Å²) in [6.45, 7) is 0. The van der Waals surface area contributed by atoms with E-state index >= 15 is 0 Å². The maximum absolute atomic E-state index is 13.6. The van der Waals surface area contributed by atoms with Crippen molar-refractivity contribution in [2.75, 3.05) is 16.8 Å². The first-order chi connectivity index (χ1) is 13.2. The van der Waals surface area contributed by atoms with Gasteiger partial charge in [-0.1, -0.05) is 36.8 Å². The monoisotopic (exact) mass is 359 g/mol. The minimum atomic E-state index is -0.797. The van der Waals surface area contributed by atoms with Gasteiger partial charge in [0.2, 0.25) is 5.91 Å². The second-order valence-electron chi connectivity index (χ2n) is 7.51. The number of para-hydroxylation sites is 2. The lowest BCUT2D eigenvalue weighted by Crippen LogP contribution is -2.60. The highest BCUT2D eigenvalue weighted by Crippen LogP contribution is 2.40. The molecule has 0 bridgehead atoms. The molecule has 1 saturated carbocycles. The summed E-state index contributed by atoms with van der Waals surface area (Å²) >= 11 is 0. The molecule has 27 heavy (non-hydrogen) atoms. The zero-order valence-corrected chi connectivity index (χ0v) is 15.2. The zero-order chi connectivity index (χ0) is 18.5. The number of anilines is 2. The van der Waals surface area contributed by atoms with E-state index in [9.17, 15) is 9.59 Å². The lowest BCUT2D eigenvalue weighted by atomic mass is 9.80. The van der Waals surface area contributed by atoms with Crippen molar-refractivity contribution in [3.63, 3.8) is 0 Å². The SMILES string of the molecule is CN1c2ccccc2C(=O)C2C(=O)N(c3ccccc3)C(C3CCC3)=NC21. The van der Waals surface area contributed by atoms with Gasteiger partial charge in [-0.05, 0) is 37.1 Å². The first-order valence-electron chi connectivity index (χ1n) is 9.49. The second-order valence-corrected chi connectivity index (χ2v) is 7.51. The first kappa shape index (κ1) is 16.2. The summed E-state index contributed by atoms with van der Waals surface area (Å²) in [5.41, 5.74) is 2.24. The Balaban J connectivity index is 1.66. The van der Waals surface area contributed by atoms with Crippen molar-refractivity contribution in [2.24, 2.45) is 16.8 Å². The van der Waals surface area contributed by atoms with Crippen LogP contribution in [0.15, 0.2) is 59.6 Å². The van der Waals surface area contributed by atoms with Crippen LogP contribution in [0.4, 0.5) is 11.4 Å². The molecular formula is C22H21N3O2. The molecule has 2 aromatic carbocycles. The number of Topliss-reactive ketones (excluding diaryl/α,β-unsaturated/α-hetero) is 1. The molecule has 2 heterocycles. The Bertz CT molecular complexity index is 949. The van der Waals surface area contributed by atoms with Crippen LogP contribution in [-0.4, -0.2) is 30.7 Å². The normalized spacial score (nSPS) is 24.9.